The Kier molecular flexibility index (Phi) is 7.05. The lowest BCUT2D eigenvalue weighted by Crippen LogP contribution is -2.58. The van der Waals surface area contributed by atoms with E-state index >= 15 is 0 Å². The van der Waals surface area contributed by atoms with Crippen LogP contribution in [0.1, 0.15) is 76.7 Å². The molecule has 7 rings (SSSR count). The minimum atomic E-state index is -0.520. The number of nitrogens with zero attached hydrogens (tertiary/aromatic N) is 4. The highest BCUT2D eigenvalue weighted by Gasteiger charge is 2.45. The van der Waals surface area contributed by atoms with E-state index in [1.165, 1.54) is 69.5 Å². The maximum Gasteiger partial charge on any atom is 0.325 e. The van der Waals surface area contributed by atoms with Gasteiger partial charge in [-0.15, -0.1) is 0 Å². The predicted octanol–water partition coefficient (Wildman–Crippen LogP) is 4.93. The van der Waals surface area contributed by atoms with Crippen molar-refractivity contribution in [3.63, 3.8) is 0 Å². The first kappa shape index (κ1) is 26.6. The fraction of sp³-hybridized carbons (Fsp3) is 0.576. The summed E-state index contributed by atoms with van der Waals surface area (Å²) in [6.45, 7) is -0.213. The molecule has 2 saturated heterocycles. The zero-order valence-electron chi connectivity index (χ0n) is 23.9. The zero-order valence-corrected chi connectivity index (χ0v) is 23.9. The van der Waals surface area contributed by atoms with Crippen molar-refractivity contribution in [2.45, 2.75) is 101 Å². The summed E-state index contributed by atoms with van der Waals surface area (Å²) in [6.07, 6.45) is 15.5. The fourth-order valence-electron chi connectivity index (χ4n) is 8.87. The molecule has 4 fully saturated rings. The molecule has 4 aliphatic rings. The lowest BCUT2D eigenvalue weighted by atomic mass is 9.68. The molecule has 41 heavy (non-hydrogen) atoms. The van der Waals surface area contributed by atoms with Crippen molar-refractivity contribution in [1.82, 2.24) is 19.0 Å². The van der Waals surface area contributed by atoms with Crippen LogP contribution in [0.15, 0.2) is 52.2 Å². The molecule has 1 aromatic carbocycles. The number of aromatic nitrogens is 3. The van der Waals surface area contributed by atoms with Gasteiger partial charge < -0.3 is 13.9 Å². The average Bonchev–Trinajstić information content (AvgIpc) is 2.97. The predicted molar refractivity (Wildman–Crippen MR) is 158 cm³/mol. The number of methoxy groups -OCH3 is 1. The number of carbonyl (C=O) groups excluding carboxylic acids is 1. The van der Waals surface area contributed by atoms with Crippen LogP contribution in [-0.4, -0.2) is 50.2 Å². The van der Waals surface area contributed by atoms with Crippen molar-refractivity contribution in [2.75, 3.05) is 7.11 Å². The Bertz CT molecular complexity index is 1550. The maximum atomic E-state index is 14.3. The highest BCUT2D eigenvalue weighted by Crippen LogP contribution is 2.47. The van der Waals surface area contributed by atoms with Crippen LogP contribution in [0, 0.1) is 11.8 Å². The molecule has 8 nitrogen and oxygen atoms in total. The molecule has 4 bridgehead atoms. The lowest BCUT2D eigenvalue weighted by Gasteiger charge is -2.55. The first-order valence-electron chi connectivity index (χ1n) is 15.6. The van der Waals surface area contributed by atoms with E-state index in [1.54, 1.807) is 18.3 Å². The van der Waals surface area contributed by atoms with Crippen LogP contribution in [-0.2, 0) is 16.1 Å². The summed E-state index contributed by atoms with van der Waals surface area (Å²) in [5.74, 6) is 1.27. The third-order valence-electron chi connectivity index (χ3n) is 10.5. The molecule has 8 heteroatoms. The number of fused-ring (bicyclic) bond motifs is 5. The normalized spacial score (nSPS) is 29.8. The van der Waals surface area contributed by atoms with E-state index in [1.807, 2.05) is 28.8 Å². The quantitative estimate of drug-likeness (QED) is 0.415. The second kappa shape index (κ2) is 10.9. The number of esters is 1. The number of hydrogen-bond donors (Lipinski definition) is 0. The van der Waals surface area contributed by atoms with Crippen LogP contribution in [0.25, 0.3) is 22.3 Å². The van der Waals surface area contributed by atoms with Crippen LogP contribution in [0.3, 0.4) is 0 Å². The molecule has 0 spiro atoms. The highest BCUT2D eigenvalue weighted by atomic mass is 16.5. The number of benzene rings is 1. The summed E-state index contributed by atoms with van der Waals surface area (Å²) >= 11 is 0. The SMILES string of the molecule is COC(=O)Cn1cccc(-c2nc3ccccc3n([C@H]3C[C@H]4CCC[C@@H](C3)N4[C@H]3C[C@@H]4CCC[C@@H](C4)C3)c2=O)c1=O. The summed E-state index contributed by atoms with van der Waals surface area (Å²) in [4.78, 5) is 47.3. The Hall–Kier alpha value is -3.26. The summed E-state index contributed by atoms with van der Waals surface area (Å²) in [6, 6.07) is 12.8. The van der Waals surface area contributed by atoms with Gasteiger partial charge in [0.25, 0.3) is 11.1 Å². The summed E-state index contributed by atoms with van der Waals surface area (Å²) in [5, 5.41) is 0. The van der Waals surface area contributed by atoms with Gasteiger partial charge in [0.15, 0.2) is 0 Å². The van der Waals surface area contributed by atoms with E-state index in [0.717, 1.165) is 30.2 Å². The first-order valence-corrected chi connectivity index (χ1v) is 15.6. The highest BCUT2D eigenvalue weighted by molar-refractivity contribution is 5.78. The van der Waals surface area contributed by atoms with E-state index in [4.69, 9.17) is 9.72 Å². The van der Waals surface area contributed by atoms with E-state index in [2.05, 4.69) is 4.90 Å². The number of rotatable bonds is 5. The van der Waals surface area contributed by atoms with Gasteiger partial charge in [0.05, 0.1) is 23.7 Å². The minimum absolute atomic E-state index is 0.0600. The van der Waals surface area contributed by atoms with Gasteiger partial charge in [-0.05, 0) is 81.0 Å². The molecule has 2 aromatic heterocycles. The van der Waals surface area contributed by atoms with Crippen LogP contribution in [0.4, 0.5) is 0 Å². The molecule has 0 radical (unpaired) electrons. The molecule has 3 aromatic rings. The molecule has 2 saturated carbocycles. The Morgan fingerprint density at radius 3 is 2.27 bits per heavy atom. The van der Waals surface area contributed by atoms with E-state index in [-0.39, 0.29) is 29.4 Å². The Labute approximate surface area is 240 Å². The maximum absolute atomic E-state index is 14.3. The average molecular weight is 557 g/mol. The molecule has 2 aliphatic heterocycles. The Morgan fingerprint density at radius 1 is 0.829 bits per heavy atom. The second-order valence-corrected chi connectivity index (χ2v) is 12.9. The Balaban J connectivity index is 1.26. The van der Waals surface area contributed by atoms with E-state index < -0.39 is 11.5 Å². The fourth-order valence-corrected chi connectivity index (χ4v) is 8.87. The van der Waals surface area contributed by atoms with Gasteiger partial charge >= 0.3 is 5.97 Å². The van der Waals surface area contributed by atoms with Crippen molar-refractivity contribution in [3.8, 4) is 11.3 Å². The van der Waals surface area contributed by atoms with Crippen molar-refractivity contribution >= 4 is 17.0 Å². The number of pyridine rings is 1. The third-order valence-corrected chi connectivity index (χ3v) is 10.5. The number of ether oxygens (including phenoxy) is 1. The van der Waals surface area contributed by atoms with Gasteiger partial charge in [-0.25, -0.2) is 4.98 Å². The van der Waals surface area contributed by atoms with Crippen molar-refractivity contribution in [1.29, 1.82) is 0 Å². The molecule has 0 N–H and O–H groups in total. The van der Waals surface area contributed by atoms with Crippen molar-refractivity contribution in [3.05, 3.63) is 63.3 Å². The van der Waals surface area contributed by atoms with Crippen LogP contribution in [0.2, 0.25) is 0 Å². The third kappa shape index (κ3) is 4.84. The minimum Gasteiger partial charge on any atom is -0.468 e. The standard InChI is InChI=1S/C33H40N4O4/c1-41-30(38)20-35-14-6-11-27(32(35)39)31-33(40)37(29-13-3-2-12-28(29)34-31)26-18-23-9-5-10-24(19-26)36(23)25-16-21-7-4-8-22(15-21)17-25/h2-3,6,11-14,21-26H,4-5,7-10,15-20H2,1H3/t21-,22+,23-,24+,25+,26+. The number of para-hydroxylation sites is 2. The molecule has 0 unspecified atom stereocenters. The summed E-state index contributed by atoms with van der Waals surface area (Å²) in [5.41, 5.74) is 1.26. The molecule has 6 atom stereocenters. The largest absolute Gasteiger partial charge is 0.468 e. The van der Waals surface area contributed by atoms with Crippen molar-refractivity contribution < 1.29 is 9.53 Å². The van der Waals surface area contributed by atoms with Gasteiger partial charge in [0.1, 0.15) is 12.2 Å². The van der Waals surface area contributed by atoms with Gasteiger partial charge in [-0.1, -0.05) is 37.8 Å². The summed E-state index contributed by atoms with van der Waals surface area (Å²) in [7, 11) is 1.29. The van der Waals surface area contributed by atoms with Gasteiger partial charge in [0, 0.05) is 30.4 Å². The number of hydrogen-bond acceptors (Lipinski definition) is 6. The van der Waals surface area contributed by atoms with E-state index in [9.17, 15) is 14.4 Å². The smallest absolute Gasteiger partial charge is 0.325 e. The van der Waals surface area contributed by atoms with Crippen LogP contribution >= 0.6 is 0 Å². The van der Waals surface area contributed by atoms with Gasteiger partial charge in [-0.2, -0.15) is 0 Å². The Morgan fingerprint density at radius 2 is 1.54 bits per heavy atom. The molecule has 0 amide bonds. The first-order chi connectivity index (χ1) is 20.0. The molecular weight excluding hydrogens is 516 g/mol. The second-order valence-electron chi connectivity index (χ2n) is 12.9. The summed E-state index contributed by atoms with van der Waals surface area (Å²) < 4.78 is 7.99. The molecule has 216 valence electrons. The number of piperidine rings is 2. The topological polar surface area (TPSA) is 86.4 Å². The van der Waals surface area contributed by atoms with E-state index in [0.29, 0.717) is 23.6 Å². The van der Waals surface area contributed by atoms with Gasteiger partial charge in [-0.3, -0.25) is 19.3 Å². The van der Waals surface area contributed by atoms with Gasteiger partial charge in [0.2, 0.25) is 0 Å². The van der Waals surface area contributed by atoms with Crippen molar-refractivity contribution in [2.24, 2.45) is 11.8 Å². The molecular formula is C33H40N4O4. The lowest BCUT2D eigenvalue weighted by molar-refractivity contribution is -0.141. The van der Waals surface area contributed by atoms with Crippen LogP contribution in [0.5, 0.6) is 0 Å². The number of carbonyl (C=O) groups is 1. The zero-order chi connectivity index (χ0) is 28.1. The monoisotopic (exact) mass is 556 g/mol. The molecule has 4 heterocycles. The van der Waals surface area contributed by atoms with Crippen LogP contribution < -0.4 is 11.1 Å². The molecule has 2 aliphatic carbocycles.